The van der Waals surface area contributed by atoms with Gasteiger partial charge in [-0.2, -0.15) is 9.29 Å². The summed E-state index contributed by atoms with van der Waals surface area (Å²) >= 11 is 1.24. The maximum Gasteiger partial charge on any atom is 0.252 e. The summed E-state index contributed by atoms with van der Waals surface area (Å²) in [5.41, 5.74) is 0.760. The quantitative estimate of drug-likeness (QED) is 0.586. The lowest BCUT2D eigenvalue weighted by atomic mass is 9.98. The summed E-state index contributed by atoms with van der Waals surface area (Å²) in [5.74, 6) is 2.24. The molecule has 0 aliphatic carbocycles. The molecule has 0 saturated carbocycles. The van der Waals surface area contributed by atoms with Gasteiger partial charge in [0, 0.05) is 24.6 Å². The summed E-state index contributed by atoms with van der Waals surface area (Å²) < 4.78 is 43.3. The van der Waals surface area contributed by atoms with Crippen LogP contribution < -0.4 is 9.47 Å². The number of thiophene rings is 1. The Bertz CT molecular complexity index is 1070. The Balaban J connectivity index is 1.46. The lowest BCUT2D eigenvalue weighted by molar-refractivity contribution is 0.271. The van der Waals surface area contributed by atoms with E-state index >= 15 is 0 Å². The van der Waals surface area contributed by atoms with Gasteiger partial charge in [0.05, 0.1) is 14.2 Å². The fourth-order valence-corrected chi connectivity index (χ4v) is 5.99. The Hall–Kier alpha value is -2.43. The van der Waals surface area contributed by atoms with Gasteiger partial charge in [0.15, 0.2) is 11.5 Å². The second-order valence-corrected chi connectivity index (χ2v) is 9.75. The molecule has 2 aromatic heterocycles. The summed E-state index contributed by atoms with van der Waals surface area (Å²) in [6.07, 6.45) is 1.27. The summed E-state index contributed by atoms with van der Waals surface area (Å²) in [7, 11) is -0.268. The minimum Gasteiger partial charge on any atom is -0.493 e. The lowest BCUT2D eigenvalue weighted by Crippen LogP contribution is -2.37. The fraction of sp³-hybridized carbons (Fsp3) is 0.368. The molecule has 0 radical (unpaired) electrons. The van der Waals surface area contributed by atoms with Crippen molar-refractivity contribution in [2.24, 2.45) is 0 Å². The van der Waals surface area contributed by atoms with Gasteiger partial charge in [-0.25, -0.2) is 8.42 Å². The topological polar surface area (TPSA) is 94.8 Å². The molecule has 29 heavy (non-hydrogen) atoms. The van der Waals surface area contributed by atoms with E-state index < -0.39 is 10.0 Å². The Morgan fingerprint density at radius 1 is 1.14 bits per heavy atom. The number of benzene rings is 1. The van der Waals surface area contributed by atoms with Crippen molar-refractivity contribution >= 4 is 21.4 Å². The van der Waals surface area contributed by atoms with Crippen molar-refractivity contribution in [2.45, 2.75) is 23.0 Å². The van der Waals surface area contributed by atoms with Gasteiger partial charge in [0.1, 0.15) is 4.21 Å². The van der Waals surface area contributed by atoms with Gasteiger partial charge in [0.25, 0.3) is 10.0 Å². The minimum atomic E-state index is -3.42. The van der Waals surface area contributed by atoms with Crippen LogP contribution in [0.25, 0.3) is 11.4 Å². The van der Waals surface area contributed by atoms with Gasteiger partial charge in [-0.15, -0.1) is 11.3 Å². The molecule has 1 saturated heterocycles. The molecule has 3 heterocycles. The van der Waals surface area contributed by atoms with Crippen molar-refractivity contribution in [3.05, 3.63) is 41.6 Å². The molecule has 0 spiro atoms. The van der Waals surface area contributed by atoms with Gasteiger partial charge in [-0.3, -0.25) is 0 Å². The van der Waals surface area contributed by atoms with Gasteiger partial charge in [-0.05, 0) is 42.5 Å². The van der Waals surface area contributed by atoms with Gasteiger partial charge < -0.3 is 14.0 Å². The molecular formula is C19H21N3O5S2. The third kappa shape index (κ3) is 3.87. The summed E-state index contributed by atoms with van der Waals surface area (Å²) in [6, 6.07) is 8.81. The SMILES string of the molecule is COc1ccc(-c2noc(C3CCN(S(=O)(=O)c4cccs4)CC3)n2)cc1OC. The second kappa shape index (κ2) is 8.13. The Morgan fingerprint density at radius 2 is 1.90 bits per heavy atom. The van der Waals surface area contributed by atoms with Crippen LogP contribution in [0.2, 0.25) is 0 Å². The smallest absolute Gasteiger partial charge is 0.252 e. The van der Waals surface area contributed by atoms with Crippen LogP contribution in [0.5, 0.6) is 11.5 Å². The number of nitrogens with zero attached hydrogens (tertiary/aromatic N) is 3. The summed E-state index contributed by atoms with van der Waals surface area (Å²) in [4.78, 5) is 4.53. The highest BCUT2D eigenvalue weighted by Crippen LogP contribution is 2.34. The fourth-order valence-electron chi connectivity index (χ4n) is 3.37. The van der Waals surface area contributed by atoms with E-state index in [0.29, 0.717) is 53.4 Å². The average Bonchev–Trinajstić information content (AvgIpc) is 3.46. The molecule has 1 aliphatic rings. The van der Waals surface area contributed by atoms with Crippen LogP contribution >= 0.6 is 11.3 Å². The molecule has 8 nitrogen and oxygen atoms in total. The summed E-state index contributed by atoms with van der Waals surface area (Å²) in [6.45, 7) is 0.859. The first-order chi connectivity index (χ1) is 14.0. The molecule has 1 aromatic carbocycles. The predicted molar refractivity (Wildman–Crippen MR) is 108 cm³/mol. The van der Waals surface area contributed by atoms with E-state index in [1.54, 1.807) is 43.9 Å². The molecule has 10 heteroatoms. The van der Waals surface area contributed by atoms with Crippen LogP contribution in [0.3, 0.4) is 0 Å². The molecule has 0 unspecified atom stereocenters. The van der Waals surface area contributed by atoms with E-state index in [2.05, 4.69) is 10.1 Å². The molecule has 0 atom stereocenters. The van der Waals surface area contributed by atoms with Gasteiger partial charge >= 0.3 is 0 Å². The minimum absolute atomic E-state index is 0.0335. The van der Waals surface area contributed by atoms with Crippen molar-refractivity contribution in [3.63, 3.8) is 0 Å². The Labute approximate surface area is 173 Å². The molecule has 154 valence electrons. The largest absolute Gasteiger partial charge is 0.493 e. The van der Waals surface area contributed by atoms with Gasteiger partial charge in [-0.1, -0.05) is 11.2 Å². The standard InChI is InChI=1S/C19H21N3O5S2/c1-25-15-6-5-14(12-16(15)26-2)18-20-19(27-21-18)13-7-9-22(10-8-13)29(23,24)17-4-3-11-28-17/h3-6,11-13H,7-10H2,1-2H3. The maximum atomic E-state index is 12.7. The number of methoxy groups -OCH3 is 2. The van der Waals surface area contributed by atoms with Crippen molar-refractivity contribution in [3.8, 4) is 22.9 Å². The Morgan fingerprint density at radius 3 is 2.55 bits per heavy atom. The molecule has 3 aromatic rings. The van der Waals surface area contributed by atoms with E-state index in [4.69, 9.17) is 14.0 Å². The van der Waals surface area contributed by atoms with Crippen molar-refractivity contribution in [1.82, 2.24) is 14.4 Å². The van der Waals surface area contributed by atoms with Crippen molar-refractivity contribution < 1.29 is 22.4 Å². The number of sulfonamides is 1. The molecule has 1 aliphatic heterocycles. The van der Waals surface area contributed by atoms with E-state index in [1.165, 1.54) is 15.6 Å². The van der Waals surface area contributed by atoms with E-state index in [1.807, 2.05) is 6.07 Å². The molecule has 0 amide bonds. The number of rotatable bonds is 6. The first kappa shape index (κ1) is 19.9. The van der Waals surface area contributed by atoms with E-state index in [9.17, 15) is 8.42 Å². The normalized spacial score (nSPS) is 16.1. The monoisotopic (exact) mass is 435 g/mol. The predicted octanol–water partition coefficient (Wildman–Crippen LogP) is 3.38. The molecule has 1 fully saturated rings. The zero-order valence-corrected chi connectivity index (χ0v) is 17.7. The van der Waals surface area contributed by atoms with Crippen LogP contribution in [0.15, 0.2) is 44.4 Å². The molecule has 0 N–H and O–H groups in total. The third-order valence-corrected chi connectivity index (χ3v) is 8.25. The third-order valence-electron chi connectivity index (χ3n) is 4.98. The van der Waals surface area contributed by atoms with E-state index in [0.717, 1.165) is 5.56 Å². The highest BCUT2D eigenvalue weighted by Gasteiger charge is 2.32. The average molecular weight is 436 g/mol. The van der Waals surface area contributed by atoms with Crippen molar-refractivity contribution in [1.29, 1.82) is 0 Å². The van der Waals surface area contributed by atoms with Crippen LogP contribution in [0.1, 0.15) is 24.7 Å². The van der Waals surface area contributed by atoms with Crippen LogP contribution in [-0.4, -0.2) is 50.2 Å². The summed E-state index contributed by atoms with van der Waals surface area (Å²) in [5, 5.41) is 5.86. The van der Waals surface area contributed by atoms with Gasteiger partial charge in [0.2, 0.25) is 11.7 Å². The molecular weight excluding hydrogens is 414 g/mol. The number of ether oxygens (including phenoxy) is 2. The van der Waals surface area contributed by atoms with Crippen molar-refractivity contribution in [2.75, 3.05) is 27.3 Å². The first-order valence-corrected chi connectivity index (χ1v) is 11.4. The molecule has 4 rings (SSSR count). The number of piperidine rings is 1. The lowest BCUT2D eigenvalue weighted by Gasteiger charge is -2.29. The second-order valence-electron chi connectivity index (χ2n) is 6.64. The van der Waals surface area contributed by atoms with Crippen LogP contribution in [0.4, 0.5) is 0 Å². The Kier molecular flexibility index (Phi) is 5.57. The maximum absolute atomic E-state index is 12.7. The number of hydrogen-bond acceptors (Lipinski definition) is 8. The molecule has 0 bridgehead atoms. The first-order valence-electron chi connectivity index (χ1n) is 9.12. The van der Waals surface area contributed by atoms with Crippen LogP contribution in [0, 0.1) is 0 Å². The highest BCUT2D eigenvalue weighted by molar-refractivity contribution is 7.91. The van der Waals surface area contributed by atoms with Crippen LogP contribution in [-0.2, 0) is 10.0 Å². The highest BCUT2D eigenvalue weighted by atomic mass is 32.2. The number of hydrogen-bond donors (Lipinski definition) is 0. The zero-order valence-electron chi connectivity index (χ0n) is 16.1. The van der Waals surface area contributed by atoms with E-state index in [-0.39, 0.29) is 5.92 Å². The number of aromatic nitrogens is 2. The zero-order chi connectivity index (χ0) is 20.4.